The summed E-state index contributed by atoms with van der Waals surface area (Å²) in [6, 6.07) is 14.8. The van der Waals surface area contributed by atoms with E-state index >= 15 is 0 Å². The zero-order valence-electron chi connectivity index (χ0n) is 24.3. The highest BCUT2D eigenvalue weighted by Gasteiger charge is 2.46. The molecule has 0 bridgehead atoms. The lowest BCUT2D eigenvalue weighted by molar-refractivity contribution is -0.149. The quantitative estimate of drug-likeness (QED) is 0.486. The van der Waals surface area contributed by atoms with Gasteiger partial charge in [0.25, 0.3) is 0 Å². The Balaban J connectivity index is 1.29. The summed E-state index contributed by atoms with van der Waals surface area (Å²) >= 11 is 0. The summed E-state index contributed by atoms with van der Waals surface area (Å²) in [5, 5.41) is 9.47. The first-order valence-electron chi connectivity index (χ1n) is 15.5. The number of likely N-dealkylation sites (N-methyl/N-ethyl adjacent to an activating group) is 1. The van der Waals surface area contributed by atoms with Crippen LogP contribution in [0.4, 0.5) is 0 Å². The number of amides is 3. The molecule has 0 unspecified atom stereocenters. The fraction of sp³-hybridized carbons (Fsp3) is 0.545. The highest BCUT2D eigenvalue weighted by atomic mass is 16.2. The number of benzene rings is 2. The van der Waals surface area contributed by atoms with Crippen molar-refractivity contribution >= 4 is 17.7 Å². The minimum Gasteiger partial charge on any atom is -0.343 e. The van der Waals surface area contributed by atoms with E-state index < -0.39 is 18.1 Å². The molecule has 0 radical (unpaired) electrons. The molecule has 2 aromatic rings. The highest BCUT2D eigenvalue weighted by molar-refractivity contribution is 5.94. The van der Waals surface area contributed by atoms with E-state index in [1.54, 1.807) is 7.05 Å². The van der Waals surface area contributed by atoms with E-state index in [9.17, 15) is 14.4 Å². The van der Waals surface area contributed by atoms with Gasteiger partial charge in [-0.2, -0.15) is 0 Å². The summed E-state index contributed by atoms with van der Waals surface area (Å²) in [4.78, 5) is 45.9. The molecule has 3 fully saturated rings. The number of carbonyl (C=O) groups is 3. The lowest BCUT2D eigenvalue weighted by Crippen LogP contribution is -2.66. The van der Waals surface area contributed by atoms with Gasteiger partial charge >= 0.3 is 0 Å². The molecule has 4 aliphatic rings. The Morgan fingerprint density at radius 3 is 2.17 bits per heavy atom. The molecule has 41 heavy (non-hydrogen) atoms. The molecule has 3 amide bonds. The Hall–Kier alpha value is -3.23. The predicted molar refractivity (Wildman–Crippen MR) is 159 cm³/mol. The number of rotatable bonds is 7. The van der Waals surface area contributed by atoms with Crippen molar-refractivity contribution in [2.45, 2.75) is 82.1 Å². The van der Waals surface area contributed by atoms with Gasteiger partial charge in [0.1, 0.15) is 12.1 Å². The largest absolute Gasteiger partial charge is 0.343 e. The van der Waals surface area contributed by atoms with E-state index in [1.807, 2.05) is 36.1 Å². The molecule has 6 rings (SSSR count). The van der Waals surface area contributed by atoms with Gasteiger partial charge in [-0.15, -0.1) is 0 Å². The standard InChI is InChI=1S/C33H43N5O3/c1-21(34-2)31(39)35-29(22-11-4-3-5-12-22)33(41)38-19-23-13-10-18-37(23)20-28(38)32(40)36-30-26-16-8-6-14-24(26)25-15-7-9-17-27(25)30/h6-9,14-17,21-23,28-30,34H,3-5,10-13,18-20H2,1-2H3,(H,35,39)(H,36,40)/t21-,23+,28-,29-/m0/s1. The van der Waals surface area contributed by atoms with Crippen LogP contribution in [-0.2, 0) is 14.4 Å². The van der Waals surface area contributed by atoms with Crippen LogP contribution in [-0.4, -0.2) is 78.4 Å². The summed E-state index contributed by atoms with van der Waals surface area (Å²) in [6.07, 6.45) is 7.22. The summed E-state index contributed by atoms with van der Waals surface area (Å²) in [5.41, 5.74) is 4.46. The maximum absolute atomic E-state index is 14.5. The fourth-order valence-corrected chi connectivity index (χ4v) is 7.47. The van der Waals surface area contributed by atoms with Gasteiger partial charge in [0.2, 0.25) is 17.7 Å². The van der Waals surface area contributed by atoms with Crippen molar-refractivity contribution in [3.8, 4) is 11.1 Å². The van der Waals surface area contributed by atoms with Gasteiger partial charge in [-0.05, 0) is 74.4 Å². The molecule has 218 valence electrons. The summed E-state index contributed by atoms with van der Waals surface area (Å²) in [6.45, 7) is 3.81. The van der Waals surface area contributed by atoms with E-state index in [-0.39, 0.29) is 35.7 Å². The minimum absolute atomic E-state index is 0.0863. The van der Waals surface area contributed by atoms with Gasteiger partial charge in [0.05, 0.1) is 12.1 Å². The van der Waals surface area contributed by atoms with E-state index in [0.717, 1.165) is 73.7 Å². The van der Waals surface area contributed by atoms with Crippen LogP contribution in [0.5, 0.6) is 0 Å². The first-order valence-corrected chi connectivity index (χ1v) is 15.5. The molecule has 2 saturated heterocycles. The summed E-state index contributed by atoms with van der Waals surface area (Å²) in [7, 11) is 1.75. The van der Waals surface area contributed by atoms with Crippen molar-refractivity contribution in [2.24, 2.45) is 5.92 Å². The van der Waals surface area contributed by atoms with Gasteiger partial charge in [0.15, 0.2) is 0 Å². The predicted octanol–water partition coefficient (Wildman–Crippen LogP) is 3.22. The molecule has 0 aromatic heterocycles. The van der Waals surface area contributed by atoms with Gasteiger partial charge in [-0.25, -0.2) is 0 Å². The average Bonchev–Trinajstić information content (AvgIpc) is 3.61. The molecule has 3 N–H and O–H groups in total. The number of hydrogen-bond acceptors (Lipinski definition) is 5. The third-order valence-corrected chi connectivity index (χ3v) is 9.91. The first-order chi connectivity index (χ1) is 20.0. The number of nitrogens with one attached hydrogen (secondary N) is 3. The van der Waals surface area contributed by atoms with Gasteiger partial charge in [-0.1, -0.05) is 67.8 Å². The SMILES string of the molecule is CN[C@@H](C)C(=O)N[C@H](C(=O)N1C[C@H]2CCCN2C[C@H]1C(=O)NC1c2ccccc2-c2ccccc21)C1CCCCC1. The van der Waals surface area contributed by atoms with Crippen LogP contribution in [0.3, 0.4) is 0 Å². The molecule has 8 nitrogen and oxygen atoms in total. The van der Waals surface area contributed by atoms with Crippen LogP contribution < -0.4 is 16.0 Å². The van der Waals surface area contributed by atoms with E-state index in [4.69, 9.17) is 0 Å². The van der Waals surface area contributed by atoms with Crippen LogP contribution in [0, 0.1) is 5.92 Å². The molecule has 2 aliphatic carbocycles. The molecular weight excluding hydrogens is 514 g/mol. The van der Waals surface area contributed by atoms with Crippen molar-refractivity contribution < 1.29 is 14.4 Å². The van der Waals surface area contributed by atoms with E-state index in [0.29, 0.717) is 13.1 Å². The number of nitrogens with zero attached hydrogens (tertiary/aromatic N) is 2. The smallest absolute Gasteiger partial charge is 0.246 e. The van der Waals surface area contributed by atoms with Crippen molar-refractivity contribution in [3.05, 3.63) is 59.7 Å². The Kier molecular flexibility index (Phi) is 8.13. The van der Waals surface area contributed by atoms with E-state index in [1.165, 1.54) is 0 Å². The normalized spacial score (nSPS) is 24.2. The maximum Gasteiger partial charge on any atom is 0.246 e. The Bertz CT molecular complexity index is 1250. The second-order valence-electron chi connectivity index (χ2n) is 12.3. The molecule has 2 heterocycles. The molecule has 2 aromatic carbocycles. The van der Waals surface area contributed by atoms with Crippen LogP contribution in [0.1, 0.15) is 69.0 Å². The van der Waals surface area contributed by atoms with Crippen LogP contribution >= 0.6 is 0 Å². The fourth-order valence-electron chi connectivity index (χ4n) is 7.47. The number of fused-ring (bicyclic) bond motifs is 4. The second-order valence-corrected chi connectivity index (χ2v) is 12.3. The van der Waals surface area contributed by atoms with Crippen molar-refractivity contribution in [2.75, 3.05) is 26.7 Å². The molecule has 1 saturated carbocycles. The maximum atomic E-state index is 14.5. The molecular formula is C33H43N5O3. The van der Waals surface area contributed by atoms with Crippen molar-refractivity contribution in [1.29, 1.82) is 0 Å². The van der Waals surface area contributed by atoms with E-state index in [2.05, 4.69) is 45.1 Å². The van der Waals surface area contributed by atoms with Crippen molar-refractivity contribution in [1.82, 2.24) is 25.8 Å². The van der Waals surface area contributed by atoms with Crippen LogP contribution in [0.15, 0.2) is 48.5 Å². The van der Waals surface area contributed by atoms with Gasteiger partial charge in [0, 0.05) is 19.1 Å². The molecule has 2 aliphatic heterocycles. The third kappa shape index (κ3) is 5.40. The Morgan fingerprint density at radius 1 is 0.854 bits per heavy atom. The molecule has 4 atom stereocenters. The third-order valence-electron chi connectivity index (χ3n) is 9.91. The monoisotopic (exact) mass is 557 g/mol. The average molecular weight is 558 g/mol. The summed E-state index contributed by atoms with van der Waals surface area (Å²) in [5.74, 6) is -0.316. The summed E-state index contributed by atoms with van der Waals surface area (Å²) < 4.78 is 0. The Morgan fingerprint density at radius 2 is 1.51 bits per heavy atom. The zero-order chi connectivity index (χ0) is 28.5. The van der Waals surface area contributed by atoms with Crippen molar-refractivity contribution in [3.63, 3.8) is 0 Å². The van der Waals surface area contributed by atoms with Crippen LogP contribution in [0.2, 0.25) is 0 Å². The lowest BCUT2D eigenvalue weighted by atomic mass is 9.82. The molecule has 8 heteroatoms. The van der Waals surface area contributed by atoms with Crippen LogP contribution in [0.25, 0.3) is 11.1 Å². The topological polar surface area (TPSA) is 93.8 Å². The minimum atomic E-state index is -0.616. The molecule has 0 spiro atoms. The van der Waals surface area contributed by atoms with Gasteiger partial charge in [-0.3, -0.25) is 19.3 Å². The zero-order valence-corrected chi connectivity index (χ0v) is 24.3. The number of carbonyl (C=O) groups excluding carboxylic acids is 3. The second kappa shape index (κ2) is 11.9. The first kappa shape index (κ1) is 27.9. The highest BCUT2D eigenvalue weighted by Crippen LogP contribution is 2.43. The number of hydrogen-bond donors (Lipinski definition) is 3. The lowest BCUT2D eigenvalue weighted by Gasteiger charge is -2.45. The van der Waals surface area contributed by atoms with Gasteiger partial charge < -0.3 is 20.9 Å². The Labute approximate surface area is 243 Å². The number of piperazine rings is 1.